The van der Waals surface area contributed by atoms with Gasteiger partial charge in [0.2, 0.25) is 0 Å². The van der Waals surface area contributed by atoms with Crippen molar-refractivity contribution < 1.29 is 13.2 Å². The third-order valence-corrected chi connectivity index (χ3v) is 1.73. The van der Waals surface area contributed by atoms with E-state index in [-0.39, 0.29) is 14.2 Å². The van der Waals surface area contributed by atoms with E-state index in [4.69, 9.17) is 0 Å². The number of nitrogens with one attached hydrogen (secondary N) is 1. The van der Waals surface area contributed by atoms with Crippen LogP contribution in [-0.2, 0) is 6.18 Å². The standard InChI is InChI=1S/C4H4F3N2P/c1-2-3(4(5,6)7)9-10-8-2/h1H3,(H,8,9). The fourth-order valence-corrected chi connectivity index (χ4v) is 1.22. The first-order valence-corrected chi connectivity index (χ1v) is 3.31. The first-order valence-electron chi connectivity index (χ1n) is 2.46. The quantitative estimate of drug-likeness (QED) is 0.632. The second-order valence-corrected chi connectivity index (χ2v) is 2.41. The van der Waals surface area contributed by atoms with Crippen molar-refractivity contribution in [1.29, 1.82) is 0 Å². The summed E-state index contributed by atoms with van der Waals surface area (Å²) in [5.74, 6) is 0. The number of hydrogen-bond acceptors (Lipinski definition) is 1. The lowest BCUT2D eigenvalue weighted by Gasteiger charge is -2.01. The molecule has 0 aliphatic heterocycles. The molecule has 2 nitrogen and oxygen atoms in total. The predicted octanol–water partition coefficient (Wildman–Crippen LogP) is 2.32. The number of hydrogen-bond donors (Lipinski definition) is 1. The van der Waals surface area contributed by atoms with Crippen LogP contribution in [0.5, 0.6) is 0 Å². The summed E-state index contributed by atoms with van der Waals surface area (Å²) in [6.45, 7) is 1.35. The Morgan fingerprint density at radius 3 is 2.30 bits per heavy atom. The van der Waals surface area contributed by atoms with Gasteiger partial charge in [0.1, 0.15) is 8.51 Å². The minimum Gasteiger partial charge on any atom is -0.325 e. The highest BCUT2D eigenvalue weighted by Gasteiger charge is 2.35. The molecule has 0 spiro atoms. The van der Waals surface area contributed by atoms with Gasteiger partial charge in [0.05, 0.1) is 0 Å². The smallest absolute Gasteiger partial charge is 0.325 e. The van der Waals surface area contributed by atoms with E-state index < -0.39 is 11.9 Å². The minimum atomic E-state index is -4.30. The Bertz CT molecular complexity index is 229. The number of aromatic nitrogens is 2. The van der Waals surface area contributed by atoms with Gasteiger partial charge in [-0.15, -0.1) is 0 Å². The lowest BCUT2D eigenvalue weighted by atomic mass is 10.3. The van der Waals surface area contributed by atoms with Crippen molar-refractivity contribution in [3.05, 3.63) is 11.4 Å². The van der Waals surface area contributed by atoms with Crippen molar-refractivity contribution in [2.45, 2.75) is 13.1 Å². The molecule has 0 aromatic carbocycles. The first kappa shape index (κ1) is 7.54. The van der Waals surface area contributed by atoms with Crippen LogP contribution in [0.1, 0.15) is 11.4 Å². The number of nitrogens with zero attached hydrogens (tertiary/aromatic N) is 1. The van der Waals surface area contributed by atoms with E-state index >= 15 is 0 Å². The Labute approximate surface area is 56.7 Å². The van der Waals surface area contributed by atoms with Gasteiger partial charge in [0.15, 0.2) is 5.69 Å². The van der Waals surface area contributed by atoms with Crippen LogP contribution in [0.25, 0.3) is 0 Å². The number of halogens is 3. The lowest BCUT2D eigenvalue weighted by molar-refractivity contribution is -0.141. The van der Waals surface area contributed by atoms with Crippen LogP contribution in [0.2, 0.25) is 0 Å². The van der Waals surface area contributed by atoms with Crippen LogP contribution in [0, 0.1) is 6.92 Å². The fourth-order valence-electron chi connectivity index (χ4n) is 0.547. The first-order chi connectivity index (χ1) is 4.52. The van der Waals surface area contributed by atoms with Gasteiger partial charge in [0, 0.05) is 5.69 Å². The zero-order valence-electron chi connectivity index (χ0n) is 5.03. The second-order valence-electron chi connectivity index (χ2n) is 1.78. The predicted molar refractivity (Wildman–Crippen MR) is 30.8 cm³/mol. The van der Waals surface area contributed by atoms with Gasteiger partial charge in [-0.05, 0) is 6.92 Å². The van der Waals surface area contributed by atoms with E-state index in [1.54, 1.807) is 0 Å². The van der Waals surface area contributed by atoms with Gasteiger partial charge in [-0.25, -0.2) is 4.75 Å². The average molecular weight is 168 g/mol. The van der Waals surface area contributed by atoms with Crippen molar-refractivity contribution in [2.24, 2.45) is 0 Å². The Morgan fingerprint density at radius 1 is 1.50 bits per heavy atom. The van der Waals surface area contributed by atoms with Crippen LogP contribution in [0.15, 0.2) is 0 Å². The maximum atomic E-state index is 11.8. The fraction of sp³-hybridized carbons (Fsp3) is 0.500. The number of aryl methyl sites for hydroxylation is 1. The topological polar surface area (TPSA) is 28.7 Å². The van der Waals surface area contributed by atoms with Crippen LogP contribution in [0.3, 0.4) is 0 Å². The van der Waals surface area contributed by atoms with Gasteiger partial charge in [0.25, 0.3) is 0 Å². The van der Waals surface area contributed by atoms with Gasteiger partial charge in [-0.3, -0.25) is 0 Å². The molecule has 1 rings (SSSR count). The van der Waals surface area contributed by atoms with Crippen LogP contribution in [-0.4, -0.2) is 9.49 Å². The maximum absolute atomic E-state index is 11.8. The molecule has 0 aliphatic carbocycles. The SMILES string of the molecule is Cc1[nH]pnc1C(F)(F)F. The highest BCUT2D eigenvalue weighted by atomic mass is 31.1. The molecule has 10 heavy (non-hydrogen) atoms. The van der Waals surface area contributed by atoms with Crippen molar-refractivity contribution in [2.75, 3.05) is 0 Å². The zero-order chi connectivity index (χ0) is 7.78. The largest absolute Gasteiger partial charge is 0.435 e. The molecule has 0 amide bonds. The Morgan fingerprint density at radius 2 is 2.10 bits per heavy atom. The normalized spacial score (nSPS) is 12.8. The molecule has 0 aliphatic rings. The summed E-state index contributed by atoms with van der Waals surface area (Å²) in [6.07, 6.45) is -4.30. The van der Waals surface area contributed by atoms with E-state index in [0.29, 0.717) is 0 Å². The van der Waals surface area contributed by atoms with E-state index in [2.05, 4.69) is 9.49 Å². The number of rotatable bonds is 0. The maximum Gasteiger partial charge on any atom is 0.435 e. The third-order valence-electron chi connectivity index (χ3n) is 0.991. The summed E-state index contributed by atoms with van der Waals surface area (Å²) in [5.41, 5.74) is -0.705. The molecule has 0 fully saturated rings. The van der Waals surface area contributed by atoms with Gasteiger partial charge in [-0.2, -0.15) is 13.2 Å². The number of alkyl halides is 3. The zero-order valence-corrected chi connectivity index (χ0v) is 5.92. The molecule has 0 saturated carbocycles. The van der Waals surface area contributed by atoms with Crippen molar-refractivity contribution >= 4 is 8.51 Å². The van der Waals surface area contributed by atoms with Crippen LogP contribution < -0.4 is 0 Å². The van der Waals surface area contributed by atoms with Crippen LogP contribution >= 0.6 is 8.51 Å². The average Bonchev–Trinajstić information content (AvgIpc) is 2.11. The van der Waals surface area contributed by atoms with E-state index in [9.17, 15) is 13.2 Å². The Hall–Kier alpha value is -0.570. The lowest BCUT2D eigenvalue weighted by Crippen LogP contribution is -2.06. The van der Waals surface area contributed by atoms with Crippen molar-refractivity contribution in [3.8, 4) is 0 Å². The third kappa shape index (κ3) is 1.29. The molecule has 1 aromatic rings. The number of aromatic amines is 1. The summed E-state index contributed by atoms with van der Waals surface area (Å²) in [6, 6.07) is 0. The highest BCUT2D eigenvalue weighted by Crippen LogP contribution is 2.30. The Kier molecular flexibility index (Phi) is 1.68. The molecule has 0 radical (unpaired) electrons. The molecule has 6 heteroatoms. The molecular formula is C4H4F3N2P. The van der Waals surface area contributed by atoms with Crippen molar-refractivity contribution in [3.63, 3.8) is 0 Å². The number of H-pyrrole nitrogens is 1. The molecule has 56 valence electrons. The van der Waals surface area contributed by atoms with Crippen molar-refractivity contribution in [1.82, 2.24) is 9.49 Å². The minimum absolute atomic E-state index is 0.0918. The van der Waals surface area contributed by atoms with E-state index in [1.807, 2.05) is 0 Å². The molecule has 0 saturated heterocycles. The summed E-state index contributed by atoms with van der Waals surface area (Å²) in [5, 5.41) is 0. The summed E-state index contributed by atoms with van der Waals surface area (Å²) >= 11 is 0. The second kappa shape index (κ2) is 2.23. The summed E-state index contributed by atoms with van der Waals surface area (Å²) in [7, 11) is 0.261. The Balaban J connectivity index is 3.05. The highest BCUT2D eigenvalue weighted by molar-refractivity contribution is 7.20. The van der Waals surface area contributed by atoms with Gasteiger partial charge < -0.3 is 4.75 Å². The van der Waals surface area contributed by atoms with Gasteiger partial charge in [-0.1, -0.05) is 0 Å². The summed E-state index contributed by atoms with van der Waals surface area (Å²) < 4.78 is 41.1. The molecule has 0 atom stereocenters. The monoisotopic (exact) mass is 168 g/mol. The summed E-state index contributed by atoms with van der Waals surface area (Å²) in [4.78, 5) is 0. The van der Waals surface area contributed by atoms with Gasteiger partial charge >= 0.3 is 6.18 Å². The van der Waals surface area contributed by atoms with E-state index in [1.165, 1.54) is 6.92 Å². The molecular weight excluding hydrogens is 164 g/mol. The molecule has 0 unspecified atom stereocenters. The molecule has 1 aromatic heterocycles. The molecule has 0 bridgehead atoms. The molecule has 1 N–H and O–H groups in total. The molecule has 1 heterocycles. The van der Waals surface area contributed by atoms with E-state index in [0.717, 1.165) is 0 Å². The van der Waals surface area contributed by atoms with Crippen LogP contribution in [0.4, 0.5) is 13.2 Å².